The molecule has 0 radical (unpaired) electrons. The molecule has 2 aromatic rings. The van der Waals surface area contributed by atoms with Gasteiger partial charge in [-0.25, -0.2) is 0 Å². The lowest BCUT2D eigenvalue weighted by molar-refractivity contribution is 0.0846. The van der Waals surface area contributed by atoms with Gasteiger partial charge in [-0.05, 0) is 66.4 Å². The fraction of sp³-hybridized carbons (Fsp3) is 0.387. The second kappa shape index (κ2) is 13.4. The van der Waals surface area contributed by atoms with Crippen molar-refractivity contribution < 1.29 is 25.1 Å². The number of allylic oxidation sites excluding steroid dienone is 6. The quantitative estimate of drug-likeness (QED) is 0.178. The summed E-state index contributed by atoms with van der Waals surface area (Å²) in [6.45, 7) is 10.6. The van der Waals surface area contributed by atoms with Crippen LogP contribution < -0.4 is 20.3 Å². The third kappa shape index (κ3) is 6.93. The van der Waals surface area contributed by atoms with Crippen molar-refractivity contribution in [1.82, 2.24) is 0 Å². The van der Waals surface area contributed by atoms with Gasteiger partial charge in [-0.2, -0.15) is 0 Å². The van der Waals surface area contributed by atoms with Crippen LogP contribution in [0.15, 0.2) is 53.1 Å². The number of benzene rings is 2. The van der Waals surface area contributed by atoms with Gasteiger partial charge >= 0.3 is 0 Å². The molecular formula is C31H34I2O6. The van der Waals surface area contributed by atoms with Crippen LogP contribution in [-0.4, -0.2) is 12.6 Å². The number of hydrogen-bond acceptors (Lipinski definition) is 6. The van der Waals surface area contributed by atoms with E-state index in [1.807, 2.05) is 72.0 Å². The standard InChI is InChI=1S/C31H34I2O6/c1-18(2)7-6-8-20(5)10-12-22-21(13-14-25-30(22)36-17-35-25)26-15-24(34)29-28(37-26)16-27(38-32)23(31(29)39-33)11-9-19(3)4/h7,9-10,13-14,16,26H,6,8,11-12,15,17H2,1-5H3/b20-10+. The second-order valence-corrected chi connectivity index (χ2v) is 11.3. The van der Waals surface area contributed by atoms with Crippen LogP contribution >= 0.6 is 46.0 Å². The van der Waals surface area contributed by atoms with Crippen molar-refractivity contribution in [1.29, 1.82) is 0 Å². The predicted molar refractivity (Wildman–Crippen MR) is 170 cm³/mol. The molecule has 0 saturated carbocycles. The van der Waals surface area contributed by atoms with Crippen LogP contribution in [0.2, 0.25) is 0 Å². The van der Waals surface area contributed by atoms with E-state index in [0.717, 1.165) is 41.0 Å². The van der Waals surface area contributed by atoms with Gasteiger partial charge in [0, 0.05) is 22.8 Å². The SMILES string of the molecule is CC(C)=CCC/C(C)=C/Cc1c(C2CC(=O)c3c(cc(OI)c(CC=C(C)C)c3OI)O2)ccc2c1OCO2. The molecule has 4 rings (SSSR count). The molecular weight excluding hydrogens is 722 g/mol. The Morgan fingerprint density at radius 3 is 2.38 bits per heavy atom. The van der Waals surface area contributed by atoms with Crippen molar-refractivity contribution in [2.75, 3.05) is 6.79 Å². The zero-order valence-corrected chi connectivity index (χ0v) is 27.3. The van der Waals surface area contributed by atoms with Crippen LogP contribution in [-0.2, 0) is 12.8 Å². The fourth-order valence-electron chi connectivity index (χ4n) is 4.83. The number of ketones is 1. The van der Waals surface area contributed by atoms with Gasteiger partial charge in [-0.1, -0.05) is 41.0 Å². The van der Waals surface area contributed by atoms with Gasteiger partial charge in [0.15, 0.2) is 69.0 Å². The molecule has 2 aromatic carbocycles. The molecule has 0 N–H and O–H groups in total. The van der Waals surface area contributed by atoms with Crippen LogP contribution in [0.5, 0.6) is 28.7 Å². The summed E-state index contributed by atoms with van der Waals surface area (Å²) in [4.78, 5) is 13.6. The van der Waals surface area contributed by atoms with Crippen molar-refractivity contribution in [3.05, 3.63) is 75.4 Å². The Hall–Kier alpha value is -2.21. The van der Waals surface area contributed by atoms with Gasteiger partial charge in [0.1, 0.15) is 23.2 Å². The summed E-state index contributed by atoms with van der Waals surface area (Å²) in [5, 5.41) is 0. The maximum absolute atomic E-state index is 13.6. The molecule has 0 spiro atoms. The molecule has 2 aliphatic rings. The molecule has 0 aromatic heterocycles. The minimum absolute atomic E-state index is 0.0246. The summed E-state index contributed by atoms with van der Waals surface area (Å²) in [5.41, 5.74) is 7.01. The topological polar surface area (TPSA) is 63.2 Å². The summed E-state index contributed by atoms with van der Waals surface area (Å²) in [6.07, 6.45) is 9.56. The van der Waals surface area contributed by atoms with Gasteiger partial charge in [0.2, 0.25) is 6.79 Å². The highest BCUT2D eigenvalue weighted by atomic mass is 127. The van der Waals surface area contributed by atoms with Crippen LogP contribution in [0.3, 0.4) is 0 Å². The molecule has 0 bridgehead atoms. The first kappa shape index (κ1) is 29.8. The Bertz CT molecular complexity index is 1330. The van der Waals surface area contributed by atoms with Gasteiger partial charge in [-0.15, -0.1) is 0 Å². The van der Waals surface area contributed by atoms with Crippen molar-refractivity contribution >= 4 is 51.8 Å². The molecule has 1 unspecified atom stereocenters. The number of Topliss-reactive ketones (excluding diaryl/α,β-unsaturated/α-hetero) is 1. The van der Waals surface area contributed by atoms with Gasteiger partial charge in [-0.3, -0.25) is 4.79 Å². The Balaban J connectivity index is 1.70. The summed E-state index contributed by atoms with van der Waals surface area (Å²) >= 11 is 3.69. The lowest BCUT2D eigenvalue weighted by atomic mass is 9.89. The van der Waals surface area contributed by atoms with E-state index in [1.54, 1.807) is 6.07 Å². The number of carbonyl (C=O) groups excluding carboxylic acids is 1. The Kier molecular flexibility index (Phi) is 10.3. The normalized spacial score (nSPS) is 15.8. The molecule has 6 nitrogen and oxygen atoms in total. The van der Waals surface area contributed by atoms with Gasteiger partial charge < -0.3 is 20.3 Å². The molecule has 0 fully saturated rings. The van der Waals surface area contributed by atoms with E-state index in [0.29, 0.717) is 35.7 Å². The third-order valence-corrected chi connectivity index (χ3v) is 7.79. The van der Waals surface area contributed by atoms with Crippen LogP contribution in [0.4, 0.5) is 0 Å². The van der Waals surface area contributed by atoms with E-state index >= 15 is 0 Å². The molecule has 1 atom stereocenters. The first-order valence-corrected chi connectivity index (χ1v) is 14.8. The predicted octanol–water partition coefficient (Wildman–Crippen LogP) is 9.32. The molecule has 0 aliphatic carbocycles. The number of rotatable bonds is 10. The van der Waals surface area contributed by atoms with Crippen molar-refractivity contribution in [3.8, 4) is 28.7 Å². The lowest BCUT2D eigenvalue weighted by Crippen LogP contribution is -2.22. The molecule has 2 aliphatic heterocycles. The highest BCUT2D eigenvalue weighted by molar-refractivity contribution is 14.1. The van der Waals surface area contributed by atoms with Crippen molar-refractivity contribution in [3.63, 3.8) is 0 Å². The fourth-order valence-corrected chi connectivity index (χ4v) is 5.71. The number of ether oxygens (including phenoxy) is 3. The van der Waals surface area contributed by atoms with E-state index in [2.05, 4.69) is 39.0 Å². The number of carbonyl (C=O) groups is 1. The molecule has 208 valence electrons. The first-order chi connectivity index (χ1) is 18.7. The Morgan fingerprint density at radius 1 is 0.949 bits per heavy atom. The number of fused-ring (bicyclic) bond motifs is 2. The minimum atomic E-state index is -0.471. The highest BCUT2D eigenvalue weighted by Gasteiger charge is 2.36. The van der Waals surface area contributed by atoms with Gasteiger partial charge in [0.05, 0.1) is 6.42 Å². The lowest BCUT2D eigenvalue weighted by Gasteiger charge is -2.29. The summed E-state index contributed by atoms with van der Waals surface area (Å²) < 4.78 is 29.5. The largest absolute Gasteiger partial charge is 0.484 e. The zero-order chi connectivity index (χ0) is 28.1. The smallest absolute Gasteiger partial charge is 0.231 e. The van der Waals surface area contributed by atoms with Gasteiger partial charge in [0.25, 0.3) is 0 Å². The van der Waals surface area contributed by atoms with E-state index in [9.17, 15) is 4.79 Å². The van der Waals surface area contributed by atoms with E-state index in [1.165, 1.54) is 16.7 Å². The molecule has 2 heterocycles. The van der Waals surface area contributed by atoms with Crippen LogP contribution in [0.1, 0.15) is 87.0 Å². The second-order valence-electron chi connectivity index (χ2n) is 10.4. The summed E-state index contributed by atoms with van der Waals surface area (Å²) in [5.74, 6) is 3.01. The molecule has 8 heteroatoms. The zero-order valence-electron chi connectivity index (χ0n) is 23.0. The van der Waals surface area contributed by atoms with E-state index in [4.69, 9.17) is 20.3 Å². The Morgan fingerprint density at radius 2 is 1.69 bits per heavy atom. The number of hydrogen-bond donors (Lipinski definition) is 0. The maximum atomic E-state index is 13.6. The average Bonchev–Trinajstić information content (AvgIpc) is 3.38. The van der Waals surface area contributed by atoms with Crippen LogP contribution in [0.25, 0.3) is 0 Å². The summed E-state index contributed by atoms with van der Waals surface area (Å²) in [6, 6.07) is 5.70. The van der Waals surface area contributed by atoms with E-state index in [-0.39, 0.29) is 19.0 Å². The van der Waals surface area contributed by atoms with Crippen LogP contribution in [0, 0.1) is 0 Å². The first-order valence-electron chi connectivity index (χ1n) is 13.0. The molecule has 39 heavy (non-hydrogen) atoms. The van der Waals surface area contributed by atoms with Crippen molar-refractivity contribution in [2.24, 2.45) is 0 Å². The monoisotopic (exact) mass is 756 g/mol. The molecule has 0 saturated heterocycles. The Labute approximate surface area is 259 Å². The minimum Gasteiger partial charge on any atom is -0.484 e. The van der Waals surface area contributed by atoms with Crippen molar-refractivity contribution in [2.45, 2.75) is 72.8 Å². The average molecular weight is 756 g/mol. The highest BCUT2D eigenvalue weighted by Crippen LogP contribution is 2.49. The maximum Gasteiger partial charge on any atom is 0.231 e. The third-order valence-electron chi connectivity index (χ3n) is 6.87. The number of halogens is 2. The summed E-state index contributed by atoms with van der Waals surface area (Å²) in [7, 11) is 0. The van der Waals surface area contributed by atoms with E-state index < -0.39 is 6.10 Å². The molecule has 0 amide bonds.